The van der Waals surface area contributed by atoms with Crippen LogP contribution in [0.15, 0.2) is 24.3 Å². The highest BCUT2D eigenvalue weighted by Gasteiger charge is 2.10. The molecular weight excluding hydrogens is 282 g/mol. The largest absolute Gasteiger partial charge is 0.480 e. The van der Waals surface area contributed by atoms with Gasteiger partial charge < -0.3 is 19.5 Å². The normalized spacial score (nSPS) is 10.5. The van der Waals surface area contributed by atoms with E-state index >= 15 is 0 Å². The maximum absolute atomic E-state index is 10.9. The number of anilines is 1. The van der Waals surface area contributed by atoms with Gasteiger partial charge in [0.25, 0.3) is 0 Å². The molecule has 112 valence electrons. The zero-order chi connectivity index (χ0) is 14.8. The van der Waals surface area contributed by atoms with E-state index in [0.29, 0.717) is 31.4 Å². The molecule has 20 heavy (non-hydrogen) atoms. The van der Waals surface area contributed by atoms with E-state index in [2.05, 4.69) is 0 Å². The fraction of sp³-hybridized carbons (Fsp3) is 0.500. The number of halogens is 1. The van der Waals surface area contributed by atoms with Crippen LogP contribution in [-0.2, 0) is 14.3 Å². The first-order chi connectivity index (χ1) is 9.63. The maximum atomic E-state index is 10.9. The summed E-state index contributed by atoms with van der Waals surface area (Å²) in [5.41, 5.74) is 0.817. The molecule has 0 unspecified atom stereocenters. The number of nitrogens with zero attached hydrogens (tertiary/aromatic N) is 1. The van der Waals surface area contributed by atoms with Crippen molar-refractivity contribution in [2.24, 2.45) is 0 Å². The van der Waals surface area contributed by atoms with Gasteiger partial charge in [0.1, 0.15) is 6.54 Å². The zero-order valence-corrected chi connectivity index (χ0v) is 12.3. The quantitative estimate of drug-likeness (QED) is 0.672. The number of benzene rings is 1. The number of aliphatic carboxylic acids is 1. The SMILES string of the molecule is COCCCOCCN(CC(=O)O)c1ccc(Cl)cc1. The van der Waals surface area contributed by atoms with Crippen LogP contribution in [0.3, 0.4) is 0 Å². The first kappa shape index (κ1) is 16.8. The summed E-state index contributed by atoms with van der Waals surface area (Å²) in [6, 6.07) is 7.09. The number of carboxylic acids is 1. The van der Waals surface area contributed by atoms with Crippen LogP contribution in [0.4, 0.5) is 5.69 Å². The van der Waals surface area contributed by atoms with Crippen LogP contribution in [0, 0.1) is 0 Å². The van der Waals surface area contributed by atoms with Crippen molar-refractivity contribution in [3.8, 4) is 0 Å². The van der Waals surface area contributed by atoms with Gasteiger partial charge in [-0.05, 0) is 30.7 Å². The summed E-state index contributed by atoms with van der Waals surface area (Å²) in [5.74, 6) is -0.876. The van der Waals surface area contributed by atoms with E-state index in [0.717, 1.165) is 12.1 Å². The second-order valence-electron chi connectivity index (χ2n) is 4.25. The van der Waals surface area contributed by atoms with Crippen molar-refractivity contribution in [1.29, 1.82) is 0 Å². The van der Waals surface area contributed by atoms with Crippen molar-refractivity contribution >= 4 is 23.3 Å². The highest BCUT2D eigenvalue weighted by molar-refractivity contribution is 6.30. The molecule has 0 aromatic heterocycles. The standard InChI is InChI=1S/C14H20ClNO4/c1-19-8-2-9-20-10-7-16(11-14(17)18)13-5-3-12(15)4-6-13/h3-6H,2,7-11H2,1H3,(H,17,18). The lowest BCUT2D eigenvalue weighted by Gasteiger charge is -2.22. The molecular formula is C14H20ClNO4. The van der Waals surface area contributed by atoms with E-state index in [1.54, 1.807) is 36.3 Å². The van der Waals surface area contributed by atoms with Crippen LogP contribution < -0.4 is 4.90 Å². The van der Waals surface area contributed by atoms with Gasteiger partial charge in [-0.15, -0.1) is 0 Å². The number of rotatable bonds is 10. The second-order valence-corrected chi connectivity index (χ2v) is 4.69. The van der Waals surface area contributed by atoms with Crippen LogP contribution in [0.2, 0.25) is 5.02 Å². The van der Waals surface area contributed by atoms with E-state index < -0.39 is 5.97 Å². The van der Waals surface area contributed by atoms with E-state index in [1.807, 2.05) is 0 Å². The Labute approximate surface area is 124 Å². The summed E-state index contributed by atoms with van der Waals surface area (Å²) in [7, 11) is 1.65. The Morgan fingerprint density at radius 3 is 2.55 bits per heavy atom. The summed E-state index contributed by atoms with van der Waals surface area (Å²) >= 11 is 5.83. The Hall–Kier alpha value is -1.30. The van der Waals surface area contributed by atoms with E-state index in [9.17, 15) is 4.79 Å². The summed E-state index contributed by atoms with van der Waals surface area (Å²) in [6.45, 7) is 2.19. The number of hydrogen-bond donors (Lipinski definition) is 1. The Bertz CT molecular complexity index is 397. The van der Waals surface area contributed by atoms with Gasteiger partial charge in [-0.1, -0.05) is 11.6 Å². The molecule has 0 saturated heterocycles. The van der Waals surface area contributed by atoms with Crippen molar-refractivity contribution < 1.29 is 19.4 Å². The molecule has 0 radical (unpaired) electrons. The summed E-state index contributed by atoms with van der Waals surface area (Å²) < 4.78 is 10.4. The number of ether oxygens (including phenoxy) is 2. The minimum atomic E-state index is -0.876. The van der Waals surface area contributed by atoms with Crippen LogP contribution in [0.25, 0.3) is 0 Å². The van der Waals surface area contributed by atoms with Gasteiger partial charge in [-0.25, -0.2) is 0 Å². The fourth-order valence-electron chi connectivity index (χ4n) is 1.70. The van der Waals surface area contributed by atoms with Crippen LogP contribution in [-0.4, -0.2) is 51.1 Å². The first-order valence-electron chi connectivity index (χ1n) is 6.42. The molecule has 1 rings (SSSR count). The highest BCUT2D eigenvalue weighted by atomic mass is 35.5. The van der Waals surface area contributed by atoms with Crippen molar-refractivity contribution in [2.75, 3.05) is 44.9 Å². The van der Waals surface area contributed by atoms with E-state index in [-0.39, 0.29) is 6.54 Å². The third-order valence-electron chi connectivity index (χ3n) is 2.66. The topological polar surface area (TPSA) is 59.0 Å². The van der Waals surface area contributed by atoms with Crippen molar-refractivity contribution in [1.82, 2.24) is 0 Å². The molecule has 0 aliphatic rings. The predicted octanol–water partition coefficient (Wildman–Crippen LogP) is 2.28. The molecule has 0 heterocycles. The van der Waals surface area contributed by atoms with Gasteiger partial charge in [0.2, 0.25) is 0 Å². The third kappa shape index (κ3) is 6.75. The molecule has 6 heteroatoms. The minimum absolute atomic E-state index is 0.0664. The molecule has 0 spiro atoms. The molecule has 0 aliphatic heterocycles. The molecule has 0 atom stereocenters. The number of hydrogen-bond acceptors (Lipinski definition) is 4. The third-order valence-corrected chi connectivity index (χ3v) is 2.91. The van der Waals surface area contributed by atoms with E-state index in [1.165, 1.54) is 0 Å². The van der Waals surface area contributed by atoms with Crippen LogP contribution in [0.5, 0.6) is 0 Å². The lowest BCUT2D eigenvalue weighted by Crippen LogP contribution is -2.32. The smallest absolute Gasteiger partial charge is 0.323 e. The summed E-state index contributed by atoms with van der Waals surface area (Å²) in [4.78, 5) is 12.6. The average molecular weight is 302 g/mol. The summed E-state index contributed by atoms with van der Waals surface area (Å²) in [5, 5.41) is 9.57. The van der Waals surface area contributed by atoms with Gasteiger partial charge in [0, 0.05) is 37.6 Å². The first-order valence-corrected chi connectivity index (χ1v) is 6.80. The van der Waals surface area contributed by atoms with Crippen molar-refractivity contribution in [3.63, 3.8) is 0 Å². The molecule has 0 saturated carbocycles. The van der Waals surface area contributed by atoms with Crippen LogP contribution >= 0.6 is 11.6 Å². The van der Waals surface area contributed by atoms with Gasteiger partial charge in [-0.3, -0.25) is 4.79 Å². The number of methoxy groups -OCH3 is 1. The Morgan fingerprint density at radius 2 is 1.95 bits per heavy atom. The molecule has 0 aliphatic carbocycles. The molecule has 1 aromatic rings. The van der Waals surface area contributed by atoms with Gasteiger partial charge >= 0.3 is 5.97 Å². The predicted molar refractivity (Wildman–Crippen MR) is 78.6 cm³/mol. The van der Waals surface area contributed by atoms with Gasteiger partial charge in [-0.2, -0.15) is 0 Å². The average Bonchev–Trinajstić information content (AvgIpc) is 2.42. The monoisotopic (exact) mass is 301 g/mol. The maximum Gasteiger partial charge on any atom is 0.323 e. The minimum Gasteiger partial charge on any atom is -0.480 e. The Kier molecular flexibility index (Phi) is 8.02. The van der Waals surface area contributed by atoms with E-state index in [4.69, 9.17) is 26.2 Å². The Balaban J connectivity index is 2.44. The second kappa shape index (κ2) is 9.58. The van der Waals surface area contributed by atoms with Crippen molar-refractivity contribution in [2.45, 2.75) is 6.42 Å². The lowest BCUT2D eigenvalue weighted by molar-refractivity contribution is -0.135. The molecule has 0 amide bonds. The van der Waals surface area contributed by atoms with Crippen LogP contribution in [0.1, 0.15) is 6.42 Å². The Morgan fingerprint density at radius 1 is 1.25 bits per heavy atom. The molecule has 0 bridgehead atoms. The molecule has 5 nitrogen and oxygen atoms in total. The van der Waals surface area contributed by atoms with Crippen molar-refractivity contribution in [3.05, 3.63) is 29.3 Å². The zero-order valence-electron chi connectivity index (χ0n) is 11.5. The number of carboxylic acid groups (broad SMARTS) is 1. The highest BCUT2D eigenvalue weighted by Crippen LogP contribution is 2.17. The lowest BCUT2D eigenvalue weighted by atomic mass is 10.3. The summed E-state index contributed by atoms with van der Waals surface area (Å²) in [6.07, 6.45) is 0.830. The number of carbonyl (C=O) groups is 1. The molecule has 1 N–H and O–H groups in total. The fourth-order valence-corrected chi connectivity index (χ4v) is 1.82. The molecule has 0 fully saturated rings. The molecule has 1 aromatic carbocycles. The van der Waals surface area contributed by atoms with Gasteiger partial charge in [0.05, 0.1) is 6.61 Å². The van der Waals surface area contributed by atoms with Gasteiger partial charge in [0.15, 0.2) is 0 Å².